The van der Waals surface area contributed by atoms with Crippen LogP contribution in [0.15, 0.2) is 69.6 Å². The molecule has 33 heavy (non-hydrogen) atoms. The summed E-state index contributed by atoms with van der Waals surface area (Å²) < 4.78 is 23.2. The predicted octanol–water partition coefficient (Wildman–Crippen LogP) is 7.01. The number of ether oxygens (including phenoxy) is 3. The number of Topliss-reactive ketones (excluding diaryl/α,β-unsaturated/α-hetero) is 1. The molecule has 0 aliphatic heterocycles. The second kappa shape index (κ2) is 9.81. The van der Waals surface area contributed by atoms with Crippen LogP contribution in [0.1, 0.15) is 34.7 Å². The summed E-state index contributed by atoms with van der Waals surface area (Å²) in [5.41, 5.74) is 2.79. The molecule has 0 bridgehead atoms. The highest BCUT2D eigenvalue weighted by molar-refractivity contribution is 9.10. The number of methoxy groups -OCH3 is 3. The molecule has 5 nitrogen and oxygen atoms in total. The lowest BCUT2D eigenvalue weighted by Gasteiger charge is -2.17. The molecule has 1 atom stereocenters. The zero-order valence-electron chi connectivity index (χ0n) is 19.0. The molecule has 0 radical (unpaired) electrons. The van der Waals surface area contributed by atoms with Gasteiger partial charge in [-0.15, -0.1) is 0 Å². The molecule has 0 aliphatic carbocycles. The van der Waals surface area contributed by atoms with Crippen LogP contribution in [0.25, 0.3) is 22.1 Å². The Morgan fingerprint density at radius 2 is 1.61 bits per heavy atom. The molecule has 170 valence electrons. The van der Waals surface area contributed by atoms with Gasteiger partial charge in [0.1, 0.15) is 27.8 Å². The smallest absolute Gasteiger partial charge is 0.231 e. The van der Waals surface area contributed by atoms with Crippen LogP contribution in [-0.2, 0) is 11.2 Å². The first-order chi connectivity index (χ1) is 16.0. The maximum absolute atomic E-state index is 13.4. The maximum Gasteiger partial charge on any atom is 0.231 e. The first-order valence-corrected chi connectivity index (χ1v) is 11.4. The van der Waals surface area contributed by atoms with E-state index in [4.69, 9.17) is 18.6 Å². The van der Waals surface area contributed by atoms with Crippen molar-refractivity contribution in [1.29, 1.82) is 0 Å². The third-order valence-corrected chi connectivity index (χ3v) is 6.54. The Balaban J connectivity index is 1.72. The van der Waals surface area contributed by atoms with Gasteiger partial charge >= 0.3 is 0 Å². The van der Waals surface area contributed by atoms with Crippen molar-refractivity contribution in [3.05, 3.63) is 82.0 Å². The Labute approximate surface area is 201 Å². The van der Waals surface area contributed by atoms with Crippen molar-refractivity contribution in [2.45, 2.75) is 19.4 Å². The molecule has 0 amide bonds. The number of hydrogen-bond acceptors (Lipinski definition) is 5. The molecule has 3 aromatic carbocycles. The standard InChI is InChI=1S/C27H25BrO5/c1-5-16-8-6-10-19-18(16)9-7-11-20(19)27(32-4)26(29)22-13-12-21(33-22)17-14-23(30-2)25(28)24(15-17)31-3/h6-15,27H,5H2,1-4H3. The molecular weight excluding hydrogens is 484 g/mol. The summed E-state index contributed by atoms with van der Waals surface area (Å²) in [6.07, 6.45) is 0.127. The van der Waals surface area contributed by atoms with Crippen molar-refractivity contribution >= 4 is 32.5 Å². The average Bonchev–Trinajstić information content (AvgIpc) is 3.34. The van der Waals surface area contributed by atoms with Crippen LogP contribution in [0, 0.1) is 0 Å². The van der Waals surface area contributed by atoms with E-state index in [9.17, 15) is 4.79 Å². The van der Waals surface area contributed by atoms with Crippen LogP contribution in [0.5, 0.6) is 11.5 Å². The van der Waals surface area contributed by atoms with Crippen LogP contribution in [0.2, 0.25) is 0 Å². The zero-order chi connectivity index (χ0) is 23.5. The molecule has 6 heteroatoms. The first kappa shape index (κ1) is 23.1. The van der Waals surface area contributed by atoms with Crippen molar-refractivity contribution in [3.63, 3.8) is 0 Å². The van der Waals surface area contributed by atoms with Gasteiger partial charge in [-0.25, -0.2) is 0 Å². The highest BCUT2D eigenvalue weighted by Crippen LogP contribution is 2.40. The monoisotopic (exact) mass is 508 g/mol. The van der Waals surface area contributed by atoms with Gasteiger partial charge in [0.15, 0.2) is 5.76 Å². The second-order valence-electron chi connectivity index (χ2n) is 7.55. The zero-order valence-corrected chi connectivity index (χ0v) is 20.6. The van der Waals surface area contributed by atoms with Gasteiger partial charge in [0.05, 0.1) is 14.2 Å². The number of benzene rings is 3. The molecule has 0 saturated carbocycles. The number of carbonyl (C=O) groups is 1. The fourth-order valence-corrected chi connectivity index (χ4v) is 4.63. The Hall–Kier alpha value is -3.09. The summed E-state index contributed by atoms with van der Waals surface area (Å²) in [6, 6.07) is 19.2. The number of ketones is 1. The predicted molar refractivity (Wildman–Crippen MR) is 132 cm³/mol. The third kappa shape index (κ3) is 4.28. The van der Waals surface area contributed by atoms with Crippen molar-refractivity contribution in [2.24, 2.45) is 0 Å². The minimum atomic E-state index is -0.784. The van der Waals surface area contributed by atoms with Crippen molar-refractivity contribution in [1.82, 2.24) is 0 Å². The topological polar surface area (TPSA) is 57.9 Å². The minimum absolute atomic E-state index is 0.223. The van der Waals surface area contributed by atoms with Gasteiger partial charge < -0.3 is 18.6 Å². The van der Waals surface area contributed by atoms with E-state index < -0.39 is 6.10 Å². The van der Waals surface area contributed by atoms with Crippen LogP contribution in [-0.4, -0.2) is 27.1 Å². The number of aryl methyl sites for hydroxylation is 1. The number of hydrogen-bond donors (Lipinski definition) is 0. The van der Waals surface area contributed by atoms with Gasteiger partial charge in [0, 0.05) is 12.7 Å². The van der Waals surface area contributed by atoms with Gasteiger partial charge in [-0.05, 0) is 68.5 Å². The molecule has 0 N–H and O–H groups in total. The van der Waals surface area contributed by atoms with E-state index in [0.29, 0.717) is 21.7 Å². The maximum atomic E-state index is 13.4. The van der Waals surface area contributed by atoms with Crippen LogP contribution in [0.3, 0.4) is 0 Å². The highest BCUT2D eigenvalue weighted by Gasteiger charge is 2.27. The van der Waals surface area contributed by atoms with E-state index in [1.165, 1.54) is 5.56 Å². The lowest BCUT2D eigenvalue weighted by atomic mass is 9.94. The number of halogens is 1. The average molecular weight is 509 g/mol. The lowest BCUT2D eigenvalue weighted by Crippen LogP contribution is -2.14. The van der Waals surface area contributed by atoms with Gasteiger partial charge in [-0.2, -0.15) is 0 Å². The van der Waals surface area contributed by atoms with E-state index in [1.807, 2.05) is 36.4 Å². The van der Waals surface area contributed by atoms with Crippen molar-refractivity contribution in [2.75, 3.05) is 21.3 Å². The lowest BCUT2D eigenvalue weighted by molar-refractivity contribution is 0.0581. The van der Waals surface area contributed by atoms with E-state index >= 15 is 0 Å². The molecule has 1 heterocycles. The molecule has 0 fully saturated rings. The quantitative estimate of drug-likeness (QED) is 0.239. The molecule has 4 rings (SSSR count). The van der Waals surface area contributed by atoms with E-state index in [0.717, 1.165) is 28.3 Å². The highest BCUT2D eigenvalue weighted by atomic mass is 79.9. The second-order valence-corrected chi connectivity index (χ2v) is 8.34. The molecule has 1 unspecified atom stereocenters. The van der Waals surface area contributed by atoms with Crippen LogP contribution in [0.4, 0.5) is 0 Å². The summed E-state index contributed by atoms with van der Waals surface area (Å²) in [5.74, 6) is 1.72. The normalized spacial score (nSPS) is 12.0. The first-order valence-electron chi connectivity index (χ1n) is 10.6. The number of carbonyl (C=O) groups excluding carboxylic acids is 1. The molecular formula is C27H25BrO5. The largest absolute Gasteiger partial charge is 0.495 e. The molecule has 1 aromatic heterocycles. The van der Waals surface area contributed by atoms with E-state index in [1.54, 1.807) is 33.5 Å². The van der Waals surface area contributed by atoms with Gasteiger partial charge in [-0.3, -0.25) is 4.79 Å². The Kier molecular flexibility index (Phi) is 6.86. The summed E-state index contributed by atoms with van der Waals surface area (Å²) in [7, 11) is 4.70. The summed E-state index contributed by atoms with van der Waals surface area (Å²) in [6.45, 7) is 2.12. The van der Waals surface area contributed by atoms with Crippen molar-refractivity contribution < 1.29 is 23.4 Å². The molecule has 4 aromatic rings. The molecule has 0 saturated heterocycles. The number of furan rings is 1. The van der Waals surface area contributed by atoms with E-state index in [2.05, 4.69) is 35.0 Å². The van der Waals surface area contributed by atoms with Gasteiger partial charge in [-0.1, -0.05) is 43.3 Å². The molecule has 0 aliphatic rings. The summed E-state index contributed by atoms with van der Waals surface area (Å²) in [5, 5.41) is 2.13. The van der Waals surface area contributed by atoms with E-state index in [-0.39, 0.29) is 11.5 Å². The fourth-order valence-electron chi connectivity index (χ4n) is 4.08. The minimum Gasteiger partial charge on any atom is -0.495 e. The van der Waals surface area contributed by atoms with Crippen LogP contribution >= 0.6 is 15.9 Å². The third-order valence-electron chi connectivity index (χ3n) is 5.76. The Morgan fingerprint density at radius 3 is 2.24 bits per heavy atom. The van der Waals surface area contributed by atoms with Gasteiger partial charge in [0.25, 0.3) is 0 Å². The SMILES string of the molecule is CCc1cccc2c(C(OC)C(=O)c3ccc(-c4cc(OC)c(Br)c(OC)c4)o3)cccc12. The number of fused-ring (bicyclic) bond motifs is 1. The Bertz CT molecular complexity index is 1280. The van der Waals surface area contributed by atoms with Crippen LogP contribution < -0.4 is 9.47 Å². The summed E-state index contributed by atoms with van der Waals surface area (Å²) >= 11 is 3.47. The fraction of sp³-hybridized carbons (Fsp3) is 0.222. The molecule has 0 spiro atoms. The number of rotatable bonds is 8. The Morgan fingerprint density at radius 1 is 0.939 bits per heavy atom. The summed E-state index contributed by atoms with van der Waals surface area (Å²) in [4.78, 5) is 13.4. The van der Waals surface area contributed by atoms with Gasteiger partial charge in [0.2, 0.25) is 5.78 Å². The van der Waals surface area contributed by atoms with Crippen molar-refractivity contribution in [3.8, 4) is 22.8 Å².